The average molecular weight is 277 g/mol. The Morgan fingerprint density at radius 1 is 1.30 bits per heavy atom. The van der Waals surface area contributed by atoms with Gasteiger partial charge in [-0.05, 0) is 36.6 Å². The van der Waals surface area contributed by atoms with Crippen LogP contribution in [0.25, 0.3) is 0 Å². The molecule has 0 aromatic heterocycles. The fourth-order valence-corrected chi connectivity index (χ4v) is 3.03. The van der Waals surface area contributed by atoms with E-state index in [1.54, 1.807) is 0 Å². The molecule has 0 amide bonds. The summed E-state index contributed by atoms with van der Waals surface area (Å²) in [4.78, 5) is 12.6. The Hall–Kier alpha value is -1.76. The highest BCUT2D eigenvalue weighted by Crippen LogP contribution is 2.44. The molecular formula is C16H17F2NO. The minimum absolute atomic E-state index is 0.0602. The molecule has 1 unspecified atom stereocenters. The predicted molar refractivity (Wildman–Crippen MR) is 70.7 cm³/mol. The normalized spacial score (nSPS) is 25.2. The summed E-state index contributed by atoms with van der Waals surface area (Å²) < 4.78 is 27.0. The first-order chi connectivity index (χ1) is 9.31. The van der Waals surface area contributed by atoms with E-state index in [0.717, 1.165) is 31.0 Å². The SMILES string of the molecule is CC1(C)CCCC(C#N)(Cc2cc(F)ccc2F)C1=O. The number of benzene rings is 1. The summed E-state index contributed by atoms with van der Waals surface area (Å²) in [6, 6.07) is 5.22. The lowest BCUT2D eigenvalue weighted by Gasteiger charge is -2.39. The summed E-state index contributed by atoms with van der Waals surface area (Å²) in [5.41, 5.74) is -1.73. The van der Waals surface area contributed by atoms with E-state index in [-0.39, 0.29) is 17.8 Å². The van der Waals surface area contributed by atoms with E-state index in [1.165, 1.54) is 0 Å². The third-order valence-corrected chi connectivity index (χ3v) is 4.17. The van der Waals surface area contributed by atoms with Gasteiger partial charge < -0.3 is 0 Å². The maximum absolute atomic E-state index is 13.8. The summed E-state index contributed by atoms with van der Waals surface area (Å²) >= 11 is 0. The van der Waals surface area contributed by atoms with Gasteiger partial charge in [0.25, 0.3) is 0 Å². The quantitative estimate of drug-likeness (QED) is 0.825. The first kappa shape index (κ1) is 14.6. The van der Waals surface area contributed by atoms with Crippen LogP contribution >= 0.6 is 0 Å². The van der Waals surface area contributed by atoms with Crippen molar-refractivity contribution in [1.82, 2.24) is 0 Å². The maximum Gasteiger partial charge on any atom is 0.158 e. The molecule has 1 aliphatic carbocycles. The van der Waals surface area contributed by atoms with Gasteiger partial charge in [-0.2, -0.15) is 5.26 Å². The van der Waals surface area contributed by atoms with Crippen molar-refractivity contribution < 1.29 is 13.6 Å². The summed E-state index contributed by atoms with van der Waals surface area (Å²) in [6.07, 6.45) is 1.81. The lowest BCUT2D eigenvalue weighted by atomic mass is 9.61. The first-order valence-corrected chi connectivity index (χ1v) is 6.71. The second kappa shape index (κ2) is 4.97. The molecule has 106 valence electrons. The minimum Gasteiger partial charge on any atom is -0.297 e. The largest absolute Gasteiger partial charge is 0.297 e. The van der Waals surface area contributed by atoms with E-state index < -0.39 is 22.5 Å². The zero-order valence-corrected chi connectivity index (χ0v) is 11.7. The van der Waals surface area contributed by atoms with Gasteiger partial charge in [-0.15, -0.1) is 0 Å². The lowest BCUT2D eigenvalue weighted by molar-refractivity contribution is -0.138. The maximum atomic E-state index is 13.8. The molecule has 0 bridgehead atoms. The van der Waals surface area contributed by atoms with Crippen LogP contribution in [0.4, 0.5) is 8.78 Å². The number of hydrogen-bond acceptors (Lipinski definition) is 2. The number of halogens is 2. The highest BCUT2D eigenvalue weighted by molar-refractivity contribution is 5.93. The molecule has 1 fully saturated rings. The zero-order chi connectivity index (χ0) is 15.0. The Morgan fingerprint density at radius 2 is 2.00 bits per heavy atom. The van der Waals surface area contributed by atoms with E-state index in [1.807, 2.05) is 13.8 Å². The molecule has 2 rings (SSSR count). The summed E-state index contributed by atoms with van der Waals surface area (Å²) in [5, 5.41) is 9.48. The topological polar surface area (TPSA) is 40.9 Å². The molecule has 1 aromatic carbocycles. The zero-order valence-electron chi connectivity index (χ0n) is 11.7. The Balaban J connectivity index is 2.40. The molecule has 0 saturated heterocycles. The number of rotatable bonds is 2. The van der Waals surface area contributed by atoms with Crippen LogP contribution < -0.4 is 0 Å². The fraction of sp³-hybridized carbons (Fsp3) is 0.500. The summed E-state index contributed by atoms with van der Waals surface area (Å²) in [5.74, 6) is -1.29. The number of hydrogen-bond donors (Lipinski definition) is 0. The molecule has 1 saturated carbocycles. The van der Waals surface area contributed by atoms with Gasteiger partial charge >= 0.3 is 0 Å². The van der Waals surface area contributed by atoms with Crippen LogP contribution in [0.2, 0.25) is 0 Å². The van der Waals surface area contributed by atoms with Gasteiger partial charge in [0, 0.05) is 11.8 Å². The van der Waals surface area contributed by atoms with E-state index in [0.29, 0.717) is 6.42 Å². The molecule has 0 aliphatic heterocycles. The van der Waals surface area contributed by atoms with Gasteiger partial charge in [0.05, 0.1) is 6.07 Å². The molecule has 1 aromatic rings. The van der Waals surface area contributed by atoms with Gasteiger partial charge in [0.15, 0.2) is 5.78 Å². The first-order valence-electron chi connectivity index (χ1n) is 6.71. The van der Waals surface area contributed by atoms with Gasteiger partial charge in [0.1, 0.15) is 17.0 Å². The molecule has 2 nitrogen and oxygen atoms in total. The van der Waals surface area contributed by atoms with E-state index in [4.69, 9.17) is 0 Å². The monoisotopic (exact) mass is 277 g/mol. The van der Waals surface area contributed by atoms with Crippen molar-refractivity contribution in [2.75, 3.05) is 0 Å². The van der Waals surface area contributed by atoms with E-state index >= 15 is 0 Å². The van der Waals surface area contributed by atoms with Crippen LogP contribution in [-0.4, -0.2) is 5.78 Å². The Kier molecular flexibility index (Phi) is 3.64. The highest BCUT2D eigenvalue weighted by atomic mass is 19.1. The number of nitrogens with zero attached hydrogens (tertiary/aromatic N) is 1. The molecule has 1 aliphatic rings. The molecule has 0 heterocycles. The van der Waals surface area contributed by atoms with Crippen molar-refractivity contribution in [2.45, 2.75) is 39.5 Å². The number of carbonyl (C=O) groups excluding carboxylic acids is 1. The highest BCUT2D eigenvalue weighted by Gasteiger charge is 2.49. The van der Waals surface area contributed by atoms with Crippen LogP contribution in [0.3, 0.4) is 0 Å². The van der Waals surface area contributed by atoms with Gasteiger partial charge in [-0.25, -0.2) is 8.78 Å². The predicted octanol–water partition coefficient (Wildman–Crippen LogP) is 3.80. The molecule has 4 heteroatoms. The molecule has 0 radical (unpaired) electrons. The fourth-order valence-electron chi connectivity index (χ4n) is 3.03. The van der Waals surface area contributed by atoms with Crippen molar-refractivity contribution in [2.24, 2.45) is 10.8 Å². The smallest absolute Gasteiger partial charge is 0.158 e. The summed E-state index contributed by atoms with van der Waals surface area (Å²) in [6.45, 7) is 3.62. The van der Waals surface area contributed by atoms with Crippen LogP contribution in [0, 0.1) is 33.8 Å². The second-order valence-corrected chi connectivity index (χ2v) is 6.17. The third-order valence-electron chi connectivity index (χ3n) is 4.17. The average Bonchev–Trinajstić information content (AvgIpc) is 2.39. The van der Waals surface area contributed by atoms with Crippen LogP contribution in [0.5, 0.6) is 0 Å². The van der Waals surface area contributed by atoms with Crippen molar-refractivity contribution >= 4 is 5.78 Å². The Labute approximate surface area is 117 Å². The standard InChI is InChI=1S/C16H17F2NO/c1-15(2)6-3-7-16(10-19,14(15)20)9-11-8-12(17)4-5-13(11)18/h4-5,8H,3,6-7,9H2,1-2H3. The van der Waals surface area contributed by atoms with E-state index in [9.17, 15) is 18.8 Å². The van der Waals surface area contributed by atoms with Crippen LogP contribution in [-0.2, 0) is 11.2 Å². The van der Waals surface area contributed by atoms with E-state index in [2.05, 4.69) is 6.07 Å². The van der Waals surface area contributed by atoms with Gasteiger partial charge in [-0.3, -0.25) is 4.79 Å². The number of carbonyl (C=O) groups is 1. The summed E-state index contributed by atoms with van der Waals surface area (Å²) in [7, 11) is 0. The molecule has 20 heavy (non-hydrogen) atoms. The number of Topliss-reactive ketones (excluding diaryl/α,β-unsaturated/α-hetero) is 1. The number of nitriles is 1. The van der Waals surface area contributed by atoms with Crippen molar-refractivity contribution in [3.8, 4) is 6.07 Å². The van der Waals surface area contributed by atoms with Crippen LogP contribution in [0.1, 0.15) is 38.7 Å². The second-order valence-electron chi connectivity index (χ2n) is 6.17. The molecular weight excluding hydrogens is 260 g/mol. The van der Waals surface area contributed by atoms with Crippen molar-refractivity contribution in [1.29, 1.82) is 5.26 Å². The Morgan fingerprint density at radius 3 is 2.65 bits per heavy atom. The molecule has 1 atom stereocenters. The van der Waals surface area contributed by atoms with Crippen molar-refractivity contribution in [3.63, 3.8) is 0 Å². The number of ketones is 1. The third kappa shape index (κ3) is 2.45. The van der Waals surface area contributed by atoms with Gasteiger partial charge in [-0.1, -0.05) is 20.3 Å². The molecule has 0 N–H and O–H groups in total. The minimum atomic E-state index is -1.24. The lowest BCUT2D eigenvalue weighted by Crippen LogP contribution is -2.45. The van der Waals surface area contributed by atoms with Crippen molar-refractivity contribution in [3.05, 3.63) is 35.4 Å². The van der Waals surface area contributed by atoms with Crippen LogP contribution in [0.15, 0.2) is 18.2 Å². The molecule has 0 spiro atoms. The van der Waals surface area contributed by atoms with Gasteiger partial charge in [0.2, 0.25) is 0 Å². The Bertz CT molecular complexity index is 589.